The highest BCUT2D eigenvalue weighted by Gasteiger charge is 2.33. The summed E-state index contributed by atoms with van der Waals surface area (Å²) in [7, 11) is 2.14. The number of carbonyl (C=O) groups excluding carboxylic acids is 2. The van der Waals surface area contributed by atoms with Gasteiger partial charge in [0.2, 0.25) is 5.91 Å². The maximum Gasteiger partial charge on any atom is 0.319 e. The van der Waals surface area contributed by atoms with Crippen molar-refractivity contribution in [1.82, 2.24) is 15.1 Å². The van der Waals surface area contributed by atoms with E-state index in [1.165, 1.54) is 5.69 Å². The van der Waals surface area contributed by atoms with Crippen LogP contribution in [0, 0.1) is 0 Å². The highest BCUT2D eigenvalue weighted by atomic mass is 16.2. The van der Waals surface area contributed by atoms with Crippen molar-refractivity contribution in [1.29, 1.82) is 0 Å². The average Bonchev–Trinajstić information content (AvgIpc) is 3.14. The van der Waals surface area contributed by atoms with E-state index in [0.717, 1.165) is 37.4 Å². The molecule has 2 atom stereocenters. The van der Waals surface area contributed by atoms with E-state index in [2.05, 4.69) is 27.5 Å². The Bertz CT molecular complexity index is 894. The lowest BCUT2D eigenvalue weighted by Gasteiger charge is -2.34. The largest absolute Gasteiger partial charge is 0.369 e. The van der Waals surface area contributed by atoms with Crippen molar-refractivity contribution in [2.75, 3.05) is 50.0 Å². The first kappa shape index (κ1) is 21.2. The summed E-state index contributed by atoms with van der Waals surface area (Å²) in [5, 5.41) is 5.84. The molecule has 2 fully saturated rings. The lowest BCUT2D eigenvalue weighted by atomic mass is 10.1. The van der Waals surface area contributed by atoms with Crippen LogP contribution < -0.4 is 15.5 Å². The molecule has 0 saturated carbocycles. The van der Waals surface area contributed by atoms with Gasteiger partial charge < -0.3 is 25.3 Å². The lowest BCUT2D eigenvalue weighted by Crippen LogP contribution is -2.44. The van der Waals surface area contributed by atoms with Crippen LogP contribution in [-0.4, -0.2) is 67.6 Å². The van der Waals surface area contributed by atoms with Crippen LogP contribution in [0.4, 0.5) is 16.2 Å². The summed E-state index contributed by atoms with van der Waals surface area (Å²) in [4.78, 5) is 31.5. The quantitative estimate of drug-likeness (QED) is 0.779. The Balaban J connectivity index is 1.28. The zero-order valence-corrected chi connectivity index (χ0v) is 18.3. The number of nitrogens with zero attached hydrogens (tertiary/aromatic N) is 3. The zero-order chi connectivity index (χ0) is 21.8. The first-order valence-electron chi connectivity index (χ1n) is 10.9. The molecular formula is C24H31N5O2. The van der Waals surface area contributed by atoms with Gasteiger partial charge in [-0.05, 0) is 43.8 Å². The van der Waals surface area contributed by atoms with Crippen LogP contribution in [0.15, 0.2) is 54.6 Å². The van der Waals surface area contributed by atoms with Crippen LogP contribution in [0.3, 0.4) is 0 Å². The molecule has 2 saturated heterocycles. The molecule has 2 unspecified atom stereocenters. The molecule has 0 bridgehead atoms. The summed E-state index contributed by atoms with van der Waals surface area (Å²) < 4.78 is 0. The second-order valence-electron chi connectivity index (χ2n) is 8.47. The Morgan fingerprint density at radius 1 is 1.00 bits per heavy atom. The van der Waals surface area contributed by atoms with Crippen LogP contribution in [0.1, 0.15) is 24.9 Å². The summed E-state index contributed by atoms with van der Waals surface area (Å²) in [5.41, 5.74) is 3.02. The van der Waals surface area contributed by atoms with Gasteiger partial charge >= 0.3 is 6.03 Å². The second kappa shape index (κ2) is 9.39. The first-order valence-corrected chi connectivity index (χ1v) is 10.9. The van der Waals surface area contributed by atoms with E-state index >= 15 is 0 Å². The minimum atomic E-state index is -0.278. The average molecular weight is 422 g/mol. The Labute approximate surface area is 184 Å². The fourth-order valence-corrected chi connectivity index (χ4v) is 4.29. The fraction of sp³-hybridized carbons (Fsp3) is 0.417. The van der Waals surface area contributed by atoms with Crippen molar-refractivity contribution in [2.24, 2.45) is 0 Å². The number of urea groups is 1. The Morgan fingerprint density at radius 2 is 1.68 bits per heavy atom. The van der Waals surface area contributed by atoms with Crippen molar-refractivity contribution < 1.29 is 9.59 Å². The van der Waals surface area contributed by atoms with Gasteiger partial charge in [0.1, 0.15) is 0 Å². The van der Waals surface area contributed by atoms with Gasteiger partial charge in [-0.2, -0.15) is 0 Å². The van der Waals surface area contributed by atoms with Crippen molar-refractivity contribution >= 4 is 23.3 Å². The number of carbonyl (C=O) groups is 2. The van der Waals surface area contributed by atoms with Crippen molar-refractivity contribution in [3.63, 3.8) is 0 Å². The van der Waals surface area contributed by atoms with Gasteiger partial charge in [0, 0.05) is 50.5 Å². The van der Waals surface area contributed by atoms with E-state index in [0.29, 0.717) is 13.0 Å². The van der Waals surface area contributed by atoms with E-state index in [9.17, 15) is 9.59 Å². The van der Waals surface area contributed by atoms with E-state index in [-0.39, 0.29) is 24.0 Å². The minimum absolute atomic E-state index is 0.00863. The topological polar surface area (TPSA) is 67.9 Å². The Kier molecular flexibility index (Phi) is 6.42. The third-order valence-corrected chi connectivity index (χ3v) is 6.24. The van der Waals surface area contributed by atoms with E-state index < -0.39 is 0 Å². The summed E-state index contributed by atoms with van der Waals surface area (Å²) in [6, 6.07) is 17.4. The van der Waals surface area contributed by atoms with Crippen LogP contribution in [0.5, 0.6) is 0 Å². The smallest absolute Gasteiger partial charge is 0.319 e. The molecule has 4 rings (SSSR count). The number of anilines is 2. The molecule has 164 valence electrons. The standard InChI is InChI=1S/C24H31N5O2/c1-18(19-6-4-3-5-7-19)29-17-21(16-23(29)30)26-24(31)25-20-8-10-22(11-9-20)28-14-12-27(2)13-15-28/h3-11,18,21H,12-17H2,1-2H3,(H2,25,26,31). The number of hydrogen-bond acceptors (Lipinski definition) is 4. The fourth-order valence-electron chi connectivity index (χ4n) is 4.29. The predicted molar refractivity (Wildman–Crippen MR) is 123 cm³/mol. The van der Waals surface area contributed by atoms with Gasteiger partial charge in [0.25, 0.3) is 0 Å². The normalized spacial score (nSPS) is 20.6. The summed E-state index contributed by atoms with van der Waals surface area (Å²) in [5.74, 6) is 0.0678. The molecule has 2 heterocycles. The highest BCUT2D eigenvalue weighted by Crippen LogP contribution is 2.25. The van der Waals surface area contributed by atoms with E-state index in [1.807, 2.05) is 66.4 Å². The van der Waals surface area contributed by atoms with Gasteiger partial charge in [-0.1, -0.05) is 30.3 Å². The monoisotopic (exact) mass is 421 g/mol. The van der Waals surface area contributed by atoms with Crippen LogP contribution in [-0.2, 0) is 4.79 Å². The van der Waals surface area contributed by atoms with Crippen molar-refractivity contribution in [3.05, 3.63) is 60.2 Å². The Hall–Kier alpha value is -3.06. The Morgan fingerprint density at radius 3 is 2.35 bits per heavy atom. The van der Waals surface area contributed by atoms with Crippen molar-refractivity contribution in [2.45, 2.75) is 25.4 Å². The molecule has 2 N–H and O–H groups in total. The summed E-state index contributed by atoms with van der Waals surface area (Å²) in [6.45, 7) is 6.68. The molecule has 2 aliphatic rings. The highest BCUT2D eigenvalue weighted by molar-refractivity contribution is 5.90. The van der Waals surface area contributed by atoms with Gasteiger partial charge in [0.15, 0.2) is 0 Å². The maximum absolute atomic E-state index is 12.5. The summed E-state index contributed by atoms with van der Waals surface area (Å²) in [6.07, 6.45) is 0.326. The number of nitrogens with one attached hydrogen (secondary N) is 2. The van der Waals surface area contributed by atoms with Gasteiger partial charge in [0.05, 0.1) is 12.1 Å². The maximum atomic E-state index is 12.5. The van der Waals surface area contributed by atoms with Gasteiger partial charge in [-0.3, -0.25) is 4.79 Å². The minimum Gasteiger partial charge on any atom is -0.369 e. The molecule has 0 aromatic heterocycles. The molecule has 2 aromatic carbocycles. The molecule has 2 aromatic rings. The molecule has 2 aliphatic heterocycles. The third kappa shape index (κ3) is 5.17. The van der Waals surface area contributed by atoms with Crippen molar-refractivity contribution in [3.8, 4) is 0 Å². The third-order valence-electron chi connectivity index (χ3n) is 6.24. The molecule has 0 spiro atoms. The SMILES string of the molecule is CC(c1ccccc1)N1CC(NC(=O)Nc2ccc(N3CCN(C)CC3)cc2)CC1=O. The molecule has 3 amide bonds. The number of hydrogen-bond donors (Lipinski definition) is 2. The lowest BCUT2D eigenvalue weighted by molar-refractivity contribution is -0.129. The van der Waals surface area contributed by atoms with Gasteiger partial charge in [-0.15, -0.1) is 0 Å². The number of amides is 3. The van der Waals surface area contributed by atoms with Crippen LogP contribution in [0.2, 0.25) is 0 Å². The van der Waals surface area contributed by atoms with Crippen LogP contribution >= 0.6 is 0 Å². The molecule has 31 heavy (non-hydrogen) atoms. The zero-order valence-electron chi connectivity index (χ0n) is 18.3. The van der Waals surface area contributed by atoms with Gasteiger partial charge in [-0.25, -0.2) is 4.79 Å². The van der Waals surface area contributed by atoms with Crippen LogP contribution in [0.25, 0.3) is 0 Å². The predicted octanol–water partition coefficient (Wildman–Crippen LogP) is 2.92. The molecular weight excluding hydrogens is 390 g/mol. The first-order chi connectivity index (χ1) is 15.0. The number of benzene rings is 2. The number of rotatable bonds is 5. The second-order valence-corrected chi connectivity index (χ2v) is 8.47. The number of likely N-dealkylation sites (tertiary alicyclic amines) is 1. The number of likely N-dealkylation sites (N-methyl/N-ethyl adjacent to an activating group) is 1. The number of piperazine rings is 1. The summed E-state index contributed by atoms with van der Waals surface area (Å²) >= 11 is 0. The molecule has 0 aliphatic carbocycles. The van der Waals surface area contributed by atoms with E-state index in [4.69, 9.17) is 0 Å². The molecule has 7 heteroatoms. The molecule has 7 nitrogen and oxygen atoms in total. The van der Waals surface area contributed by atoms with E-state index in [1.54, 1.807) is 0 Å². The molecule has 0 radical (unpaired) electrons.